The summed E-state index contributed by atoms with van der Waals surface area (Å²) >= 11 is 1.58. The molecule has 20 heavy (non-hydrogen) atoms. The first-order valence-electron chi connectivity index (χ1n) is 6.82. The third-order valence-corrected chi connectivity index (χ3v) is 6.51. The normalized spacial score (nSPS) is 33.0. The van der Waals surface area contributed by atoms with Crippen LogP contribution in [0.15, 0.2) is 16.8 Å². The number of hydrogen-bond acceptors (Lipinski definition) is 5. The summed E-state index contributed by atoms with van der Waals surface area (Å²) in [4.78, 5) is 14.3. The lowest BCUT2D eigenvalue weighted by atomic mass is 10.1. The highest BCUT2D eigenvalue weighted by atomic mass is 32.2. The Morgan fingerprint density at radius 3 is 2.85 bits per heavy atom. The van der Waals surface area contributed by atoms with E-state index in [4.69, 9.17) is 0 Å². The smallest absolute Gasteiger partial charge is 0.241 e. The van der Waals surface area contributed by atoms with Crippen molar-refractivity contribution in [1.29, 1.82) is 0 Å². The van der Waals surface area contributed by atoms with E-state index in [0.717, 1.165) is 12.0 Å². The molecule has 3 unspecified atom stereocenters. The van der Waals surface area contributed by atoms with Gasteiger partial charge in [-0.15, -0.1) is 0 Å². The van der Waals surface area contributed by atoms with Crippen molar-refractivity contribution in [2.24, 2.45) is 0 Å². The quantitative estimate of drug-likeness (QED) is 0.909. The minimum absolute atomic E-state index is 0.0331. The molecule has 0 aromatic carbocycles. The molecule has 2 aliphatic rings. The third kappa shape index (κ3) is 2.38. The molecule has 1 aromatic heterocycles. The van der Waals surface area contributed by atoms with Gasteiger partial charge in [-0.3, -0.25) is 10.1 Å². The van der Waals surface area contributed by atoms with Gasteiger partial charge in [-0.2, -0.15) is 11.3 Å². The number of carbonyl (C=O) groups excluding carboxylic acids is 1. The van der Waals surface area contributed by atoms with Gasteiger partial charge in [0.1, 0.15) is 6.17 Å². The Hall–Kier alpha value is -0.920. The maximum absolute atomic E-state index is 12.5. The molecule has 1 aromatic rings. The Kier molecular flexibility index (Phi) is 3.60. The van der Waals surface area contributed by atoms with E-state index in [0.29, 0.717) is 6.42 Å². The molecule has 0 radical (unpaired) electrons. The summed E-state index contributed by atoms with van der Waals surface area (Å²) < 4.78 is 23.4. The zero-order valence-corrected chi connectivity index (χ0v) is 12.9. The van der Waals surface area contributed by atoms with Crippen LogP contribution in [0, 0.1) is 0 Å². The van der Waals surface area contributed by atoms with E-state index in [-0.39, 0.29) is 35.7 Å². The van der Waals surface area contributed by atoms with Crippen LogP contribution >= 0.6 is 11.3 Å². The number of hydrogen-bond donors (Lipinski definition) is 1. The molecule has 3 heterocycles. The molecular formula is C13H18N2O3S2. The lowest BCUT2D eigenvalue weighted by Crippen LogP contribution is -2.40. The highest BCUT2D eigenvalue weighted by Crippen LogP contribution is 2.33. The van der Waals surface area contributed by atoms with E-state index < -0.39 is 9.84 Å². The molecule has 1 amide bonds. The standard InChI is InChI=1S/C13H18N2O3S2/c1-2-11-13(16)15(10-4-6-20(17,18)8-10)12(14-11)9-3-5-19-7-9/h3,5,7,10-12,14H,2,4,6,8H2,1H3. The molecule has 0 bridgehead atoms. The fourth-order valence-corrected chi connectivity index (χ4v) is 5.40. The van der Waals surface area contributed by atoms with Crippen LogP contribution in [0.1, 0.15) is 31.5 Å². The summed E-state index contributed by atoms with van der Waals surface area (Å²) in [5.41, 5.74) is 1.04. The number of thiophene rings is 1. The summed E-state index contributed by atoms with van der Waals surface area (Å²) in [5.74, 6) is 0.317. The van der Waals surface area contributed by atoms with Crippen molar-refractivity contribution in [3.8, 4) is 0 Å². The van der Waals surface area contributed by atoms with Crippen molar-refractivity contribution in [1.82, 2.24) is 10.2 Å². The van der Waals surface area contributed by atoms with Crippen LogP contribution < -0.4 is 5.32 Å². The summed E-state index contributed by atoms with van der Waals surface area (Å²) in [7, 11) is -2.99. The van der Waals surface area contributed by atoms with Crippen LogP contribution in [-0.2, 0) is 14.6 Å². The van der Waals surface area contributed by atoms with Crippen LogP contribution in [0.25, 0.3) is 0 Å². The molecule has 2 aliphatic heterocycles. The Balaban J connectivity index is 1.90. The van der Waals surface area contributed by atoms with Crippen LogP contribution in [0.5, 0.6) is 0 Å². The first-order valence-corrected chi connectivity index (χ1v) is 9.59. The van der Waals surface area contributed by atoms with E-state index in [9.17, 15) is 13.2 Å². The molecule has 2 fully saturated rings. The maximum Gasteiger partial charge on any atom is 0.241 e. The summed E-state index contributed by atoms with van der Waals surface area (Å²) in [6.45, 7) is 1.97. The van der Waals surface area contributed by atoms with Gasteiger partial charge < -0.3 is 4.90 Å². The number of carbonyl (C=O) groups is 1. The lowest BCUT2D eigenvalue weighted by Gasteiger charge is -2.29. The van der Waals surface area contributed by atoms with Crippen LogP contribution in [-0.4, -0.2) is 42.8 Å². The highest BCUT2D eigenvalue weighted by molar-refractivity contribution is 7.91. The van der Waals surface area contributed by atoms with Gasteiger partial charge in [0.25, 0.3) is 0 Å². The van der Waals surface area contributed by atoms with Gasteiger partial charge in [-0.05, 0) is 35.2 Å². The number of sulfone groups is 1. The summed E-state index contributed by atoms with van der Waals surface area (Å²) in [6, 6.07) is 1.59. The minimum Gasteiger partial charge on any atom is -0.317 e. The monoisotopic (exact) mass is 314 g/mol. The van der Waals surface area contributed by atoms with E-state index in [1.165, 1.54) is 0 Å². The van der Waals surface area contributed by atoms with Crippen molar-refractivity contribution in [2.45, 2.75) is 38.0 Å². The van der Waals surface area contributed by atoms with Crippen molar-refractivity contribution in [2.75, 3.05) is 11.5 Å². The number of nitrogens with one attached hydrogen (secondary N) is 1. The molecule has 0 aliphatic carbocycles. The fourth-order valence-electron chi connectivity index (χ4n) is 3.01. The Bertz CT molecular complexity index is 597. The lowest BCUT2D eigenvalue weighted by molar-refractivity contribution is -0.132. The van der Waals surface area contributed by atoms with Gasteiger partial charge in [-0.1, -0.05) is 6.92 Å². The van der Waals surface area contributed by atoms with Gasteiger partial charge in [0.05, 0.1) is 17.5 Å². The fraction of sp³-hybridized carbons (Fsp3) is 0.615. The number of amides is 1. The largest absolute Gasteiger partial charge is 0.317 e. The van der Waals surface area contributed by atoms with Crippen LogP contribution in [0.3, 0.4) is 0 Å². The molecule has 7 heteroatoms. The van der Waals surface area contributed by atoms with E-state index >= 15 is 0 Å². The average Bonchev–Trinajstić information content (AvgIpc) is 3.08. The molecule has 1 N–H and O–H groups in total. The topological polar surface area (TPSA) is 66.5 Å². The third-order valence-electron chi connectivity index (χ3n) is 4.06. The number of rotatable bonds is 3. The zero-order valence-electron chi connectivity index (χ0n) is 11.3. The summed E-state index contributed by atoms with van der Waals surface area (Å²) in [6.07, 6.45) is 1.08. The van der Waals surface area contributed by atoms with E-state index in [1.807, 2.05) is 23.8 Å². The van der Waals surface area contributed by atoms with E-state index in [1.54, 1.807) is 16.2 Å². The average molecular weight is 314 g/mol. The molecule has 0 saturated carbocycles. The van der Waals surface area contributed by atoms with Gasteiger partial charge in [0, 0.05) is 6.04 Å². The number of nitrogens with zero attached hydrogens (tertiary/aromatic N) is 1. The molecule has 3 rings (SSSR count). The first-order chi connectivity index (χ1) is 9.52. The maximum atomic E-state index is 12.5. The van der Waals surface area contributed by atoms with Crippen molar-refractivity contribution < 1.29 is 13.2 Å². The Morgan fingerprint density at radius 1 is 1.50 bits per heavy atom. The first kappa shape index (κ1) is 14.0. The van der Waals surface area contributed by atoms with Crippen molar-refractivity contribution >= 4 is 27.1 Å². The van der Waals surface area contributed by atoms with Crippen LogP contribution in [0.2, 0.25) is 0 Å². The predicted molar refractivity (Wildman–Crippen MR) is 78.2 cm³/mol. The second kappa shape index (κ2) is 5.13. The molecule has 0 spiro atoms. The Labute approximate surface area is 122 Å². The zero-order chi connectivity index (χ0) is 14.3. The molecule has 110 valence electrons. The van der Waals surface area contributed by atoms with Gasteiger partial charge in [0.15, 0.2) is 9.84 Å². The molecular weight excluding hydrogens is 296 g/mol. The van der Waals surface area contributed by atoms with E-state index in [2.05, 4.69) is 5.32 Å². The van der Waals surface area contributed by atoms with Gasteiger partial charge in [-0.25, -0.2) is 8.42 Å². The minimum atomic E-state index is -2.99. The Morgan fingerprint density at radius 2 is 2.30 bits per heavy atom. The molecule has 3 atom stereocenters. The van der Waals surface area contributed by atoms with Crippen molar-refractivity contribution in [3.63, 3.8) is 0 Å². The predicted octanol–water partition coefficient (Wildman–Crippen LogP) is 1.14. The molecule has 2 saturated heterocycles. The van der Waals surface area contributed by atoms with Gasteiger partial charge in [0.2, 0.25) is 5.91 Å². The summed E-state index contributed by atoms with van der Waals surface area (Å²) in [5, 5.41) is 7.33. The van der Waals surface area contributed by atoms with Gasteiger partial charge >= 0.3 is 0 Å². The molecule has 5 nitrogen and oxygen atoms in total. The highest BCUT2D eigenvalue weighted by Gasteiger charge is 2.45. The van der Waals surface area contributed by atoms with Crippen molar-refractivity contribution in [3.05, 3.63) is 22.4 Å². The SMILES string of the molecule is CCC1NC(c2ccsc2)N(C2CCS(=O)(=O)C2)C1=O. The second-order valence-corrected chi connectivity index (χ2v) is 8.40. The van der Waals surface area contributed by atoms with Crippen LogP contribution in [0.4, 0.5) is 0 Å². The second-order valence-electron chi connectivity index (χ2n) is 5.39.